The Morgan fingerprint density at radius 3 is 2.33 bits per heavy atom. The van der Waals surface area contributed by atoms with Gasteiger partial charge in [0.1, 0.15) is 0 Å². The molecule has 0 aromatic heterocycles. The molecule has 1 N–H and O–H groups in total. The van der Waals surface area contributed by atoms with Crippen molar-refractivity contribution in [2.45, 2.75) is 18.9 Å². The zero-order valence-corrected chi connectivity index (χ0v) is 10.2. The van der Waals surface area contributed by atoms with Gasteiger partial charge < -0.3 is 10.0 Å². The van der Waals surface area contributed by atoms with Crippen molar-refractivity contribution in [1.29, 1.82) is 0 Å². The van der Waals surface area contributed by atoms with Crippen LogP contribution in [-0.2, 0) is 10.0 Å². The third-order valence-corrected chi connectivity index (χ3v) is 4.27. The van der Waals surface area contributed by atoms with Crippen LogP contribution in [0.1, 0.15) is 12.8 Å². The summed E-state index contributed by atoms with van der Waals surface area (Å²) in [5.41, 5.74) is 0. The number of hydrogen-bond acceptors (Lipinski definition) is 4. The molecule has 0 bridgehead atoms. The summed E-state index contributed by atoms with van der Waals surface area (Å²) in [5.74, 6) is 0. The molecule has 0 spiro atoms. The van der Waals surface area contributed by atoms with E-state index in [1.165, 1.54) is 10.6 Å². The summed E-state index contributed by atoms with van der Waals surface area (Å²) in [4.78, 5) is 2.10. The summed E-state index contributed by atoms with van der Waals surface area (Å²) < 4.78 is 24.0. The molecule has 15 heavy (non-hydrogen) atoms. The molecule has 1 aliphatic heterocycles. The van der Waals surface area contributed by atoms with E-state index in [2.05, 4.69) is 4.90 Å². The topological polar surface area (TPSA) is 60.9 Å². The number of rotatable bonds is 4. The Kier molecular flexibility index (Phi) is 4.51. The average Bonchev–Trinajstić information content (AvgIpc) is 2.17. The molecule has 5 nitrogen and oxygen atoms in total. The molecule has 0 saturated carbocycles. The average molecular weight is 236 g/mol. The molecular weight excluding hydrogens is 216 g/mol. The first-order chi connectivity index (χ1) is 6.95. The quantitative estimate of drug-likeness (QED) is 0.703. The molecule has 1 heterocycles. The van der Waals surface area contributed by atoms with Crippen LogP contribution in [0.2, 0.25) is 0 Å². The Morgan fingerprint density at radius 1 is 1.40 bits per heavy atom. The lowest BCUT2D eigenvalue weighted by Crippen LogP contribution is -2.45. The highest BCUT2D eigenvalue weighted by molar-refractivity contribution is 7.88. The van der Waals surface area contributed by atoms with Crippen LogP contribution in [0.15, 0.2) is 0 Å². The Balaban J connectivity index is 2.42. The molecule has 6 heteroatoms. The van der Waals surface area contributed by atoms with Gasteiger partial charge in [-0.3, -0.25) is 0 Å². The number of aliphatic hydroxyl groups is 1. The fraction of sp³-hybridized carbons (Fsp3) is 1.00. The van der Waals surface area contributed by atoms with Crippen LogP contribution in [0.25, 0.3) is 0 Å². The number of aliphatic hydroxyl groups excluding tert-OH is 1. The highest BCUT2D eigenvalue weighted by Crippen LogP contribution is 2.16. The fourth-order valence-electron chi connectivity index (χ4n) is 1.95. The standard InChI is InChI=1S/C9H20N2O3S/c1-10(7-8-12)9-3-5-11(6-4-9)15(2,13)14/h9,12H,3-8H2,1-2H3. The molecule has 0 radical (unpaired) electrons. The third-order valence-electron chi connectivity index (χ3n) is 2.97. The normalized spacial score (nSPS) is 21.1. The molecule has 0 aromatic rings. The van der Waals surface area contributed by atoms with Gasteiger partial charge in [-0.15, -0.1) is 0 Å². The van der Waals surface area contributed by atoms with Crippen LogP contribution in [0.4, 0.5) is 0 Å². The van der Waals surface area contributed by atoms with Gasteiger partial charge in [-0.2, -0.15) is 0 Å². The molecule has 0 unspecified atom stereocenters. The summed E-state index contributed by atoms with van der Waals surface area (Å²) in [5, 5.41) is 8.80. The van der Waals surface area contributed by atoms with Crippen LogP contribution < -0.4 is 0 Å². The monoisotopic (exact) mass is 236 g/mol. The lowest BCUT2D eigenvalue weighted by Gasteiger charge is -2.35. The van der Waals surface area contributed by atoms with E-state index in [-0.39, 0.29) is 6.61 Å². The van der Waals surface area contributed by atoms with Gasteiger partial charge in [-0.25, -0.2) is 12.7 Å². The number of nitrogens with zero attached hydrogens (tertiary/aromatic N) is 2. The number of piperidine rings is 1. The van der Waals surface area contributed by atoms with Gasteiger partial charge in [0.15, 0.2) is 0 Å². The molecule has 90 valence electrons. The summed E-state index contributed by atoms with van der Waals surface area (Å²) in [6, 6.07) is 0.398. The summed E-state index contributed by atoms with van der Waals surface area (Å²) >= 11 is 0. The minimum absolute atomic E-state index is 0.156. The maximum atomic E-state index is 11.3. The van der Waals surface area contributed by atoms with Crippen molar-refractivity contribution in [2.75, 3.05) is 39.5 Å². The molecule has 1 saturated heterocycles. The number of hydrogen-bond donors (Lipinski definition) is 1. The van der Waals surface area contributed by atoms with Crippen molar-refractivity contribution in [2.24, 2.45) is 0 Å². The second-order valence-electron chi connectivity index (χ2n) is 4.10. The van der Waals surface area contributed by atoms with Crippen molar-refractivity contribution >= 4 is 10.0 Å². The first kappa shape index (κ1) is 12.9. The van der Waals surface area contributed by atoms with Crippen LogP contribution in [0.5, 0.6) is 0 Å². The van der Waals surface area contributed by atoms with E-state index in [0.29, 0.717) is 25.7 Å². The van der Waals surface area contributed by atoms with E-state index < -0.39 is 10.0 Å². The van der Waals surface area contributed by atoms with E-state index in [1.54, 1.807) is 0 Å². The number of sulfonamides is 1. The van der Waals surface area contributed by atoms with Gasteiger partial charge in [0, 0.05) is 25.7 Å². The molecular formula is C9H20N2O3S. The zero-order chi connectivity index (χ0) is 11.5. The van der Waals surface area contributed by atoms with Crippen LogP contribution in [0.3, 0.4) is 0 Å². The molecule has 0 aromatic carbocycles. The second-order valence-corrected chi connectivity index (χ2v) is 6.08. The number of likely N-dealkylation sites (N-methyl/N-ethyl adjacent to an activating group) is 1. The van der Waals surface area contributed by atoms with E-state index in [4.69, 9.17) is 5.11 Å². The van der Waals surface area contributed by atoms with Gasteiger partial charge >= 0.3 is 0 Å². The largest absolute Gasteiger partial charge is 0.395 e. The maximum absolute atomic E-state index is 11.3. The molecule has 1 fully saturated rings. The SMILES string of the molecule is CN(CCO)C1CCN(S(C)(=O)=O)CC1. The van der Waals surface area contributed by atoms with Crippen LogP contribution >= 0.6 is 0 Å². The first-order valence-corrected chi connectivity index (χ1v) is 7.06. The molecule has 0 amide bonds. The van der Waals surface area contributed by atoms with Crippen molar-refractivity contribution < 1.29 is 13.5 Å². The fourth-order valence-corrected chi connectivity index (χ4v) is 2.83. The van der Waals surface area contributed by atoms with E-state index in [0.717, 1.165) is 12.8 Å². The van der Waals surface area contributed by atoms with E-state index >= 15 is 0 Å². The highest BCUT2D eigenvalue weighted by atomic mass is 32.2. The Bertz CT molecular complexity index is 284. The van der Waals surface area contributed by atoms with Crippen molar-refractivity contribution in [3.05, 3.63) is 0 Å². The first-order valence-electron chi connectivity index (χ1n) is 5.21. The van der Waals surface area contributed by atoms with Crippen molar-refractivity contribution in [3.8, 4) is 0 Å². The van der Waals surface area contributed by atoms with Crippen molar-refractivity contribution in [1.82, 2.24) is 9.21 Å². The predicted molar refractivity (Wildman–Crippen MR) is 59.2 cm³/mol. The molecule has 1 rings (SSSR count). The van der Waals surface area contributed by atoms with Crippen molar-refractivity contribution in [3.63, 3.8) is 0 Å². The van der Waals surface area contributed by atoms with Crippen LogP contribution in [-0.4, -0.2) is 68.3 Å². The summed E-state index contributed by atoms with van der Waals surface area (Å²) in [6.07, 6.45) is 2.96. The third kappa shape index (κ3) is 3.71. The van der Waals surface area contributed by atoms with Crippen LogP contribution in [0, 0.1) is 0 Å². The lowest BCUT2D eigenvalue weighted by molar-refractivity contribution is 0.139. The summed E-state index contributed by atoms with van der Waals surface area (Å²) in [7, 11) is -1.05. The van der Waals surface area contributed by atoms with E-state index in [9.17, 15) is 8.42 Å². The molecule has 0 aliphatic carbocycles. The zero-order valence-electron chi connectivity index (χ0n) is 9.39. The minimum atomic E-state index is -3.02. The predicted octanol–water partition coefficient (Wildman–Crippen LogP) is -0.665. The lowest BCUT2D eigenvalue weighted by atomic mass is 10.1. The van der Waals surface area contributed by atoms with Gasteiger partial charge in [-0.1, -0.05) is 0 Å². The highest BCUT2D eigenvalue weighted by Gasteiger charge is 2.26. The van der Waals surface area contributed by atoms with Gasteiger partial charge in [0.2, 0.25) is 10.0 Å². The van der Waals surface area contributed by atoms with E-state index in [1.807, 2.05) is 7.05 Å². The Hall–Kier alpha value is -0.170. The molecule has 1 aliphatic rings. The Labute approximate surface area is 91.7 Å². The molecule has 0 atom stereocenters. The maximum Gasteiger partial charge on any atom is 0.211 e. The Morgan fingerprint density at radius 2 is 1.93 bits per heavy atom. The second kappa shape index (κ2) is 5.25. The van der Waals surface area contributed by atoms with Gasteiger partial charge in [0.25, 0.3) is 0 Å². The van der Waals surface area contributed by atoms with Gasteiger partial charge in [0.05, 0.1) is 12.9 Å². The van der Waals surface area contributed by atoms with Gasteiger partial charge in [-0.05, 0) is 19.9 Å². The smallest absolute Gasteiger partial charge is 0.211 e. The minimum Gasteiger partial charge on any atom is -0.395 e. The summed E-state index contributed by atoms with van der Waals surface area (Å²) in [6.45, 7) is 2.00.